The molecular weight excluding hydrogens is 278 g/mol. The molecule has 2 rings (SSSR count). The number of benzene rings is 1. The molecule has 20 heavy (non-hydrogen) atoms. The summed E-state index contributed by atoms with van der Waals surface area (Å²) >= 11 is 5.80. The largest absolute Gasteiger partial charge is 0.484 e. The van der Waals surface area contributed by atoms with Gasteiger partial charge in [-0.3, -0.25) is 4.79 Å². The molecule has 1 aliphatic carbocycles. The first-order valence-electron chi connectivity index (χ1n) is 6.99. The number of amides is 1. The van der Waals surface area contributed by atoms with Crippen LogP contribution < -0.4 is 4.74 Å². The molecule has 0 unspecified atom stereocenters. The molecule has 0 radical (unpaired) electrons. The number of aliphatic hydroxyl groups is 1. The van der Waals surface area contributed by atoms with Crippen LogP contribution in [0.25, 0.3) is 0 Å². The summed E-state index contributed by atoms with van der Waals surface area (Å²) in [5, 5.41) is 9.56. The van der Waals surface area contributed by atoms with Crippen LogP contribution in [0.3, 0.4) is 0 Å². The van der Waals surface area contributed by atoms with Gasteiger partial charge in [-0.1, -0.05) is 11.6 Å². The average Bonchev–Trinajstić information content (AvgIpc) is 2.40. The molecule has 1 fully saturated rings. The molecular formula is C15H20ClNO3. The predicted octanol–water partition coefficient (Wildman–Crippen LogP) is 2.48. The van der Waals surface area contributed by atoms with Crippen LogP contribution in [0.2, 0.25) is 5.02 Å². The number of aliphatic hydroxyl groups excluding tert-OH is 1. The number of halogens is 1. The monoisotopic (exact) mass is 297 g/mol. The van der Waals surface area contributed by atoms with E-state index in [4.69, 9.17) is 21.4 Å². The van der Waals surface area contributed by atoms with E-state index < -0.39 is 0 Å². The molecule has 1 aromatic carbocycles. The quantitative estimate of drug-likeness (QED) is 0.841. The van der Waals surface area contributed by atoms with Gasteiger partial charge >= 0.3 is 0 Å². The maximum Gasteiger partial charge on any atom is 0.260 e. The third-order valence-corrected chi connectivity index (χ3v) is 3.82. The fourth-order valence-electron chi connectivity index (χ4n) is 2.21. The third-order valence-electron chi connectivity index (χ3n) is 3.57. The van der Waals surface area contributed by atoms with Gasteiger partial charge in [-0.05, 0) is 49.9 Å². The summed E-state index contributed by atoms with van der Waals surface area (Å²) < 4.78 is 5.49. The SMILES string of the molecule is O=C(COc1ccc(Cl)cc1)N(CCCO)C1CCC1. The predicted molar refractivity (Wildman–Crippen MR) is 78.0 cm³/mol. The third kappa shape index (κ3) is 4.12. The standard InChI is InChI=1S/C15H20ClNO3/c16-12-5-7-14(8-6-12)20-11-15(19)17(9-2-10-18)13-3-1-4-13/h5-8,13,18H,1-4,9-11H2. The molecule has 110 valence electrons. The van der Waals surface area contributed by atoms with E-state index in [9.17, 15) is 4.79 Å². The Labute approximate surface area is 124 Å². The van der Waals surface area contributed by atoms with E-state index in [2.05, 4.69) is 0 Å². The van der Waals surface area contributed by atoms with Crippen molar-refractivity contribution in [2.75, 3.05) is 19.8 Å². The number of hydrogen-bond acceptors (Lipinski definition) is 3. The normalized spacial score (nSPS) is 14.7. The first-order valence-corrected chi connectivity index (χ1v) is 7.37. The van der Waals surface area contributed by atoms with Crippen molar-refractivity contribution in [2.45, 2.75) is 31.7 Å². The van der Waals surface area contributed by atoms with Gasteiger partial charge in [-0.15, -0.1) is 0 Å². The van der Waals surface area contributed by atoms with Gasteiger partial charge in [0.25, 0.3) is 5.91 Å². The summed E-state index contributed by atoms with van der Waals surface area (Å²) in [5.41, 5.74) is 0. The number of ether oxygens (including phenoxy) is 1. The zero-order valence-electron chi connectivity index (χ0n) is 11.4. The first kappa shape index (κ1) is 15.1. The van der Waals surface area contributed by atoms with Crippen molar-refractivity contribution in [2.24, 2.45) is 0 Å². The molecule has 0 bridgehead atoms. The summed E-state index contributed by atoms with van der Waals surface area (Å²) in [6, 6.07) is 7.28. The Morgan fingerprint density at radius 3 is 2.60 bits per heavy atom. The number of rotatable bonds is 7. The maximum absolute atomic E-state index is 12.2. The summed E-state index contributed by atoms with van der Waals surface area (Å²) in [5.74, 6) is 0.622. The van der Waals surface area contributed by atoms with E-state index in [-0.39, 0.29) is 19.1 Å². The Kier molecular flexibility index (Phi) is 5.68. The second-order valence-corrected chi connectivity index (χ2v) is 5.43. The molecule has 1 aromatic rings. The van der Waals surface area contributed by atoms with E-state index in [0.717, 1.165) is 12.8 Å². The molecule has 1 saturated carbocycles. The second-order valence-electron chi connectivity index (χ2n) is 4.99. The highest BCUT2D eigenvalue weighted by molar-refractivity contribution is 6.30. The average molecular weight is 298 g/mol. The van der Waals surface area contributed by atoms with E-state index in [1.165, 1.54) is 6.42 Å². The molecule has 4 nitrogen and oxygen atoms in total. The van der Waals surface area contributed by atoms with Gasteiger partial charge in [0.05, 0.1) is 0 Å². The van der Waals surface area contributed by atoms with Crippen LogP contribution in [0, 0.1) is 0 Å². The van der Waals surface area contributed by atoms with Crippen LogP contribution in [0.5, 0.6) is 5.75 Å². The lowest BCUT2D eigenvalue weighted by Crippen LogP contribution is -2.46. The number of nitrogens with zero attached hydrogens (tertiary/aromatic N) is 1. The highest BCUT2D eigenvalue weighted by atomic mass is 35.5. The van der Waals surface area contributed by atoms with Crippen molar-refractivity contribution < 1.29 is 14.6 Å². The van der Waals surface area contributed by atoms with Gasteiger partial charge in [-0.25, -0.2) is 0 Å². The van der Waals surface area contributed by atoms with Crippen molar-refractivity contribution >= 4 is 17.5 Å². The van der Waals surface area contributed by atoms with Crippen molar-refractivity contribution in [1.29, 1.82) is 0 Å². The molecule has 5 heteroatoms. The molecule has 1 N–H and O–H groups in total. The smallest absolute Gasteiger partial charge is 0.260 e. The number of hydrogen-bond donors (Lipinski definition) is 1. The van der Waals surface area contributed by atoms with Crippen LogP contribution in [0.4, 0.5) is 0 Å². The van der Waals surface area contributed by atoms with Gasteiger partial charge < -0.3 is 14.7 Å². The minimum absolute atomic E-state index is 0.0156. The Morgan fingerprint density at radius 1 is 1.35 bits per heavy atom. The number of carbonyl (C=O) groups excluding carboxylic acids is 1. The molecule has 1 aliphatic rings. The highest BCUT2D eigenvalue weighted by Gasteiger charge is 2.28. The topological polar surface area (TPSA) is 49.8 Å². The molecule has 0 aliphatic heterocycles. The van der Waals surface area contributed by atoms with Crippen molar-refractivity contribution in [3.8, 4) is 5.75 Å². The Balaban J connectivity index is 1.85. The van der Waals surface area contributed by atoms with Crippen LogP contribution in [-0.2, 0) is 4.79 Å². The zero-order valence-corrected chi connectivity index (χ0v) is 12.2. The molecule has 0 spiro atoms. The van der Waals surface area contributed by atoms with Crippen LogP contribution in [0.1, 0.15) is 25.7 Å². The minimum atomic E-state index is -0.0156. The summed E-state index contributed by atoms with van der Waals surface area (Å²) in [7, 11) is 0. The molecule has 0 aromatic heterocycles. The Bertz CT molecular complexity index is 431. The zero-order chi connectivity index (χ0) is 14.4. The van der Waals surface area contributed by atoms with Gasteiger partial charge in [0.2, 0.25) is 0 Å². The van der Waals surface area contributed by atoms with Crippen molar-refractivity contribution in [3.05, 3.63) is 29.3 Å². The molecule has 0 heterocycles. The summed E-state index contributed by atoms with van der Waals surface area (Å²) in [6.45, 7) is 0.738. The molecule has 0 atom stereocenters. The first-order chi connectivity index (χ1) is 9.70. The second kappa shape index (κ2) is 7.50. The van der Waals surface area contributed by atoms with E-state index >= 15 is 0 Å². The fourth-order valence-corrected chi connectivity index (χ4v) is 2.34. The fraction of sp³-hybridized carbons (Fsp3) is 0.533. The lowest BCUT2D eigenvalue weighted by Gasteiger charge is -2.37. The summed E-state index contributed by atoms with van der Waals surface area (Å²) in [6.07, 6.45) is 3.89. The van der Waals surface area contributed by atoms with Gasteiger partial charge in [0.1, 0.15) is 5.75 Å². The van der Waals surface area contributed by atoms with Crippen molar-refractivity contribution in [3.63, 3.8) is 0 Å². The van der Waals surface area contributed by atoms with Gasteiger partial charge in [-0.2, -0.15) is 0 Å². The van der Waals surface area contributed by atoms with Crippen molar-refractivity contribution in [1.82, 2.24) is 4.90 Å². The summed E-state index contributed by atoms with van der Waals surface area (Å²) in [4.78, 5) is 14.1. The van der Waals surface area contributed by atoms with Crippen LogP contribution in [-0.4, -0.2) is 41.7 Å². The van der Waals surface area contributed by atoms with E-state index in [1.54, 1.807) is 24.3 Å². The Morgan fingerprint density at radius 2 is 2.05 bits per heavy atom. The molecule has 0 saturated heterocycles. The van der Waals surface area contributed by atoms with Crippen LogP contribution >= 0.6 is 11.6 Å². The minimum Gasteiger partial charge on any atom is -0.484 e. The molecule has 1 amide bonds. The lowest BCUT2D eigenvalue weighted by atomic mass is 9.91. The number of carbonyl (C=O) groups is 1. The highest BCUT2D eigenvalue weighted by Crippen LogP contribution is 2.25. The van der Waals surface area contributed by atoms with E-state index in [0.29, 0.717) is 29.8 Å². The van der Waals surface area contributed by atoms with Gasteiger partial charge in [0, 0.05) is 24.2 Å². The maximum atomic E-state index is 12.2. The van der Waals surface area contributed by atoms with Crippen LogP contribution in [0.15, 0.2) is 24.3 Å². The van der Waals surface area contributed by atoms with E-state index in [1.807, 2.05) is 4.90 Å². The van der Waals surface area contributed by atoms with Gasteiger partial charge in [0.15, 0.2) is 6.61 Å². The Hall–Kier alpha value is -1.26. The lowest BCUT2D eigenvalue weighted by molar-refractivity contribution is -0.137.